The fourth-order valence-electron chi connectivity index (χ4n) is 4.35. The molecule has 2 aliphatic heterocycles. The van der Waals surface area contributed by atoms with Gasteiger partial charge in [0.1, 0.15) is 5.82 Å². The summed E-state index contributed by atoms with van der Waals surface area (Å²) in [6, 6.07) is 7.76. The topological polar surface area (TPSA) is 64.1 Å². The number of carbonyl (C=O) groups is 1. The highest BCUT2D eigenvalue weighted by Gasteiger charge is 2.36. The molecule has 2 fully saturated rings. The predicted octanol–water partition coefficient (Wildman–Crippen LogP) is 2.97. The molecule has 0 radical (unpaired) electrons. The van der Waals surface area contributed by atoms with Crippen molar-refractivity contribution in [3.05, 3.63) is 35.4 Å². The van der Waals surface area contributed by atoms with Crippen molar-refractivity contribution in [3.63, 3.8) is 0 Å². The molecule has 7 heteroatoms. The molecule has 1 aromatic carbocycles. The summed E-state index contributed by atoms with van der Waals surface area (Å²) in [5, 5.41) is 0. The Bertz CT molecular complexity index is 967. The number of anilines is 1. The van der Waals surface area contributed by atoms with Gasteiger partial charge >= 0.3 is 0 Å². The second kappa shape index (κ2) is 7.80. The number of nitrogens with zero attached hydrogens (tertiary/aromatic N) is 3. The third kappa shape index (κ3) is 3.37. The van der Waals surface area contributed by atoms with Gasteiger partial charge in [-0.1, -0.05) is 6.07 Å². The number of amides is 1. The van der Waals surface area contributed by atoms with Crippen LogP contribution in [0.15, 0.2) is 24.3 Å². The molecule has 3 aliphatic rings. The van der Waals surface area contributed by atoms with Crippen molar-refractivity contribution in [1.29, 1.82) is 0 Å². The Morgan fingerprint density at radius 1 is 1.13 bits per heavy atom. The molecule has 0 N–H and O–H groups in total. The average molecular weight is 409 g/mol. The first-order valence-electron chi connectivity index (χ1n) is 10.6. The van der Waals surface area contributed by atoms with Gasteiger partial charge in [0, 0.05) is 37.3 Å². The van der Waals surface area contributed by atoms with Crippen molar-refractivity contribution in [2.45, 2.75) is 19.4 Å². The summed E-state index contributed by atoms with van der Waals surface area (Å²) < 4.78 is 16.7. The Morgan fingerprint density at radius 2 is 1.93 bits per heavy atom. The smallest absolute Gasteiger partial charge is 0.254 e. The largest absolute Gasteiger partial charge is 0.493 e. The minimum atomic E-state index is 0.108. The van der Waals surface area contributed by atoms with Crippen molar-refractivity contribution >= 4 is 11.7 Å². The third-order valence-electron chi connectivity index (χ3n) is 6.15. The minimum absolute atomic E-state index is 0.108. The molecule has 0 unspecified atom stereocenters. The van der Waals surface area contributed by atoms with E-state index in [4.69, 9.17) is 19.2 Å². The third-order valence-corrected chi connectivity index (χ3v) is 6.15. The predicted molar refractivity (Wildman–Crippen MR) is 113 cm³/mol. The van der Waals surface area contributed by atoms with Crippen LogP contribution in [0.5, 0.6) is 11.5 Å². The Balaban J connectivity index is 1.64. The summed E-state index contributed by atoms with van der Waals surface area (Å²) in [6.07, 6.45) is 2.43. The number of hydrogen-bond acceptors (Lipinski definition) is 6. The lowest BCUT2D eigenvalue weighted by atomic mass is 10.0. The Morgan fingerprint density at radius 3 is 2.63 bits per heavy atom. The molecule has 3 heterocycles. The number of pyridine rings is 1. The Kier molecular flexibility index (Phi) is 4.98. The van der Waals surface area contributed by atoms with Crippen LogP contribution >= 0.6 is 0 Å². The summed E-state index contributed by atoms with van der Waals surface area (Å²) in [4.78, 5) is 22.5. The van der Waals surface area contributed by atoms with Gasteiger partial charge in [-0.3, -0.25) is 4.79 Å². The van der Waals surface area contributed by atoms with E-state index in [0.717, 1.165) is 47.8 Å². The van der Waals surface area contributed by atoms with Crippen LogP contribution in [-0.2, 0) is 11.3 Å². The van der Waals surface area contributed by atoms with Crippen molar-refractivity contribution < 1.29 is 19.0 Å². The van der Waals surface area contributed by atoms with Crippen molar-refractivity contribution in [2.75, 3.05) is 52.0 Å². The van der Waals surface area contributed by atoms with Gasteiger partial charge in [-0.2, -0.15) is 0 Å². The molecule has 0 atom stereocenters. The Labute approximate surface area is 176 Å². The zero-order valence-electron chi connectivity index (χ0n) is 17.5. The van der Waals surface area contributed by atoms with Gasteiger partial charge in [0.2, 0.25) is 0 Å². The van der Waals surface area contributed by atoms with Crippen molar-refractivity contribution in [1.82, 2.24) is 9.88 Å². The number of methoxy groups -OCH3 is 2. The summed E-state index contributed by atoms with van der Waals surface area (Å²) in [5.41, 5.74) is 3.39. The summed E-state index contributed by atoms with van der Waals surface area (Å²) >= 11 is 0. The Hall–Kier alpha value is -2.80. The molecule has 1 aromatic heterocycles. The van der Waals surface area contributed by atoms with E-state index in [1.165, 1.54) is 12.8 Å². The first kappa shape index (κ1) is 19.2. The number of carbonyl (C=O) groups excluding carboxylic acids is 1. The van der Waals surface area contributed by atoms with Crippen LogP contribution < -0.4 is 14.4 Å². The number of ether oxygens (including phenoxy) is 3. The van der Waals surface area contributed by atoms with Crippen LogP contribution in [0.2, 0.25) is 0 Å². The van der Waals surface area contributed by atoms with Gasteiger partial charge in [-0.15, -0.1) is 0 Å². The van der Waals surface area contributed by atoms with Crippen LogP contribution in [0.3, 0.4) is 0 Å². The van der Waals surface area contributed by atoms with E-state index < -0.39 is 0 Å². The van der Waals surface area contributed by atoms with E-state index in [2.05, 4.69) is 4.90 Å². The molecular formula is C23H27N3O4. The summed E-state index contributed by atoms with van der Waals surface area (Å²) in [7, 11) is 3.27. The molecule has 7 nitrogen and oxygen atoms in total. The van der Waals surface area contributed by atoms with Gasteiger partial charge in [-0.05, 0) is 37.0 Å². The quantitative estimate of drug-likeness (QED) is 0.731. The first-order valence-corrected chi connectivity index (χ1v) is 10.6. The van der Waals surface area contributed by atoms with Crippen LogP contribution in [0.25, 0.3) is 11.3 Å². The van der Waals surface area contributed by atoms with Gasteiger partial charge < -0.3 is 24.0 Å². The van der Waals surface area contributed by atoms with Gasteiger partial charge in [0.05, 0.1) is 38.7 Å². The van der Waals surface area contributed by atoms with E-state index in [-0.39, 0.29) is 5.91 Å². The molecule has 1 amide bonds. The lowest BCUT2D eigenvalue weighted by molar-refractivity contribution is 0.0771. The molecule has 0 spiro atoms. The summed E-state index contributed by atoms with van der Waals surface area (Å²) in [6.45, 7) is 4.28. The van der Waals surface area contributed by atoms with Crippen LogP contribution in [-0.4, -0.2) is 62.9 Å². The molecule has 1 saturated heterocycles. The molecule has 1 aliphatic carbocycles. The van der Waals surface area contributed by atoms with E-state index in [0.29, 0.717) is 37.2 Å². The maximum atomic E-state index is 13.3. The van der Waals surface area contributed by atoms with E-state index in [9.17, 15) is 4.79 Å². The number of hydrogen-bond donors (Lipinski definition) is 0. The molecular weight excluding hydrogens is 382 g/mol. The second-order valence-corrected chi connectivity index (χ2v) is 8.12. The maximum absolute atomic E-state index is 13.3. The molecule has 158 valence electrons. The highest BCUT2D eigenvalue weighted by molar-refractivity contribution is 6.01. The number of rotatable bonds is 6. The minimum Gasteiger partial charge on any atom is -0.493 e. The zero-order valence-corrected chi connectivity index (χ0v) is 17.5. The number of morpholine rings is 1. The maximum Gasteiger partial charge on any atom is 0.254 e. The monoisotopic (exact) mass is 409 g/mol. The normalized spacial score (nSPS) is 18.5. The first-order chi connectivity index (χ1) is 14.7. The van der Waals surface area contributed by atoms with Crippen LogP contribution in [0, 0.1) is 5.92 Å². The molecule has 5 rings (SSSR count). The van der Waals surface area contributed by atoms with Crippen molar-refractivity contribution in [3.8, 4) is 22.8 Å². The number of aromatic nitrogens is 1. The van der Waals surface area contributed by atoms with Gasteiger partial charge in [0.25, 0.3) is 5.91 Å². The second-order valence-electron chi connectivity index (χ2n) is 8.12. The average Bonchev–Trinajstić information content (AvgIpc) is 3.56. The van der Waals surface area contributed by atoms with E-state index >= 15 is 0 Å². The highest BCUT2D eigenvalue weighted by Crippen LogP contribution is 2.43. The van der Waals surface area contributed by atoms with Gasteiger partial charge in [-0.25, -0.2) is 4.98 Å². The number of fused-ring (bicyclic) bond motifs is 1. The zero-order chi connectivity index (χ0) is 20.7. The molecule has 30 heavy (non-hydrogen) atoms. The highest BCUT2D eigenvalue weighted by atomic mass is 16.5. The number of para-hydroxylation sites is 1. The summed E-state index contributed by atoms with van der Waals surface area (Å²) in [5.74, 6) is 2.86. The lowest BCUT2D eigenvalue weighted by Gasteiger charge is -2.28. The lowest BCUT2D eigenvalue weighted by Crippen LogP contribution is -2.37. The molecule has 2 aromatic rings. The van der Waals surface area contributed by atoms with E-state index in [1.807, 2.05) is 29.2 Å². The van der Waals surface area contributed by atoms with E-state index in [1.54, 1.807) is 14.2 Å². The standard InChI is InChI=1S/C23H27N3O4/c1-28-19-5-3-4-16(22(19)29-2)21-18-14-26(13-15-6-7-15)23(27)17(18)12-20(24-21)25-8-10-30-11-9-25/h3-5,12,15H,6-11,13-14H2,1-2H3. The SMILES string of the molecule is COc1cccc(-c2nc(N3CCOCC3)cc3c2CN(CC2CC2)C3=O)c1OC. The van der Waals surface area contributed by atoms with Crippen LogP contribution in [0.4, 0.5) is 5.82 Å². The van der Waals surface area contributed by atoms with Crippen molar-refractivity contribution in [2.24, 2.45) is 5.92 Å². The molecule has 0 bridgehead atoms. The van der Waals surface area contributed by atoms with Gasteiger partial charge in [0.15, 0.2) is 11.5 Å². The fraction of sp³-hybridized carbons (Fsp3) is 0.478. The fourth-order valence-corrected chi connectivity index (χ4v) is 4.35. The molecule has 1 saturated carbocycles. The number of benzene rings is 1. The van der Waals surface area contributed by atoms with Crippen LogP contribution in [0.1, 0.15) is 28.8 Å².